The molecule has 0 saturated heterocycles. The van der Waals surface area contributed by atoms with Gasteiger partial charge in [-0.15, -0.1) is 0 Å². The smallest absolute Gasteiger partial charge is 0.165 e. The molecular formula is C76H72N6. The molecular weight excluding hydrogens is 997 g/mol. The summed E-state index contributed by atoms with van der Waals surface area (Å²) in [5.41, 5.74) is 17.4. The third kappa shape index (κ3) is 11.4. The summed E-state index contributed by atoms with van der Waals surface area (Å²) in [7, 11) is 0. The maximum atomic E-state index is 5.69. The largest absolute Gasteiger partial charge is 0.208 e. The van der Waals surface area contributed by atoms with Gasteiger partial charge in [0, 0.05) is 55.6 Å². The number of hydrogen-bond donors (Lipinski definition) is 0. The predicted molar refractivity (Wildman–Crippen MR) is 342 cm³/mol. The van der Waals surface area contributed by atoms with Gasteiger partial charge < -0.3 is 0 Å². The van der Waals surface area contributed by atoms with Gasteiger partial charge in [-0.25, -0.2) is 29.9 Å². The second-order valence-corrected chi connectivity index (χ2v) is 25.6. The van der Waals surface area contributed by atoms with E-state index < -0.39 is 0 Å². The van der Waals surface area contributed by atoms with Gasteiger partial charge in [-0.05, 0) is 66.2 Å². The Balaban J connectivity index is 1.44. The van der Waals surface area contributed by atoms with Crippen molar-refractivity contribution >= 4 is 0 Å². The van der Waals surface area contributed by atoms with Crippen molar-refractivity contribution in [3.05, 3.63) is 241 Å². The van der Waals surface area contributed by atoms with Gasteiger partial charge in [0.05, 0.1) is 0 Å². The van der Waals surface area contributed by atoms with Crippen LogP contribution in [0.3, 0.4) is 0 Å². The predicted octanol–water partition coefficient (Wildman–Crippen LogP) is 19.9. The zero-order valence-electron chi connectivity index (χ0n) is 49.5. The first kappa shape index (κ1) is 54.9. The van der Waals surface area contributed by atoms with Gasteiger partial charge in [0.2, 0.25) is 0 Å². The second-order valence-electron chi connectivity index (χ2n) is 25.6. The lowest BCUT2D eigenvalue weighted by atomic mass is 9.75. The molecule has 0 fully saturated rings. The van der Waals surface area contributed by atoms with Crippen LogP contribution in [-0.2, 0) is 21.7 Å². The summed E-state index contributed by atoms with van der Waals surface area (Å²) in [5, 5.41) is 0. The summed E-state index contributed by atoms with van der Waals surface area (Å²) in [4.78, 5) is 33.4. The second kappa shape index (κ2) is 21.8. The van der Waals surface area contributed by atoms with Gasteiger partial charge in [0.1, 0.15) is 0 Å². The molecule has 0 atom stereocenters. The summed E-state index contributed by atoms with van der Waals surface area (Å²) in [5.74, 6) is 3.36. The van der Waals surface area contributed by atoms with E-state index >= 15 is 0 Å². The van der Waals surface area contributed by atoms with Gasteiger partial charge >= 0.3 is 0 Å². The maximum Gasteiger partial charge on any atom is 0.165 e. The lowest BCUT2D eigenvalue weighted by molar-refractivity contribution is 0.590. The number of benzene rings is 9. The van der Waals surface area contributed by atoms with Crippen LogP contribution >= 0.6 is 0 Å². The van der Waals surface area contributed by atoms with Crippen molar-refractivity contribution in [1.29, 1.82) is 0 Å². The first-order valence-corrected chi connectivity index (χ1v) is 28.6. The van der Waals surface area contributed by atoms with E-state index in [0.717, 1.165) is 77.9 Å². The fourth-order valence-electron chi connectivity index (χ4n) is 10.7. The van der Waals surface area contributed by atoms with Crippen LogP contribution in [0.2, 0.25) is 0 Å². The first-order valence-electron chi connectivity index (χ1n) is 28.6. The van der Waals surface area contributed by atoms with Crippen LogP contribution in [0.1, 0.15) is 105 Å². The van der Waals surface area contributed by atoms with Crippen LogP contribution in [0.4, 0.5) is 0 Å². The Morgan fingerprint density at radius 3 is 0.512 bits per heavy atom. The molecule has 0 aliphatic carbocycles. The van der Waals surface area contributed by atoms with Gasteiger partial charge in [0.15, 0.2) is 34.9 Å². The van der Waals surface area contributed by atoms with E-state index in [-0.39, 0.29) is 21.7 Å². The van der Waals surface area contributed by atoms with Crippen LogP contribution in [0.5, 0.6) is 0 Å². The standard InChI is InChI=1S/C76H72N6/c1-73(2,3)57-41-33-49(34-42-57)61-62(50-35-43-58(44-36-50)74(4,5)6)66(72-81-69(55-29-21-15-22-30-55)78-70(82-72)56-31-23-16-24-32-56)64(52-39-47-60(48-40-52)76(10,11)12)63(51-37-45-59(46-38-51)75(7,8)9)65(61)71-79-67(53-25-17-13-18-26-53)77-68(80-71)54-27-19-14-20-28-54/h13-48H,1-12H3. The van der Waals surface area contributed by atoms with Crippen molar-refractivity contribution < 1.29 is 0 Å². The Bertz CT molecular complexity index is 3510. The third-order valence-electron chi connectivity index (χ3n) is 15.5. The highest BCUT2D eigenvalue weighted by molar-refractivity contribution is 6.14. The lowest BCUT2D eigenvalue weighted by Crippen LogP contribution is -2.12. The van der Waals surface area contributed by atoms with E-state index in [4.69, 9.17) is 29.9 Å². The van der Waals surface area contributed by atoms with E-state index in [1.165, 1.54) is 22.3 Å². The van der Waals surface area contributed by atoms with E-state index in [0.29, 0.717) is 34.9 Å². The van der Waals surface area contributed by atoms with Crippen molar-refractivity contribution in [2.24, 2.45) is 0 Å². The monoisotopic (exact) mass is 1070 g/mol. The molecule has 2 heterocycles. The Labute approximate surface area is 485 Å². The van der Waals surface area contributed by atoms with Crippen molar-refractivity contribution in [2.75, 3.05) is 0 Å². The molecule has 0 spiro atoms. The van der Waals surface area contributed by atoms with E-state index in [9.17, 15) is 0 Å². The molecule has 0 bridgehead atoms. The van der Waals surface area contributed by atoms with Crippen molar-refractivity contribution in [1.82, 2.24) is 29.9 Å². The van der Waals surface area contributed by atoms with Crippen LogP contribution in [-0.4, -0.2) is 29.9 Å². The van der Waals surface area contributed by atoms with Crippen LogP contribution in [0, 0.1) is 0 Å². The highest BCUT2D eigenvalue weighted by atomic mass is 15.0. The maximum absolute atomic E-state index is 5.69. The Hall–Kier alpha value is -9.00. The van der Waals surface area contributed by atoms with Gasteiger partial charge in [-0.2, -0.15) is 0 Å². The van der Waals surface area contributed by atoms with Gasteiger partial charge in [-0.1, -0.05) is 301 Å². The molecule has 9 aromatic carbocycles. The van der Waals surface area contributed by atoms with E-state index in [1.54, 1.807) is 0 Å². The zero-order valence-corrected chi connectivity index (χ0v) is 49.5. The first-order chi connectivity index (χ1) is 39.2. The minimum Gasteiger partial charge on any atom is -0.208 e. The molecule has 0 radical (unpaired) electrons. The average molecular weight is 1070 g/mol. The van der Waals surface area contributed by atoms with Crippen LogP contribution < -0.4 is 0 Å². The van der Waals surface area contributed by atoms with Gasteiger partial charge in [-0.3, -0.25) is 0 Å². The van der Waals surface area contributed by atoms with Crippen molar-refractivity contribution in [3.8, 4) is 113 Å². The average Bonchev–Trinajstić information content (AvgIpc) is 3.67. The molecule has 0 unspecified atom stereocenters. The summed E-state index contributed by atoms with van der Waals surface area (Å²) in [6.07, 6.45) is 0. The van der Waals surface area contributed by atoms with Crippen molar-refractivity contribution in [2.45, 2.75) is 105 Å². The zero-order chi connectivity index (χ0) is 57.6. The van der Waals surface area contributed by atoms with Crippen molar-refractivity contribution in [3.63, 3.8) is 0 Å². The molecule has 0 aliphatic rings. The molecule has 6 nitrogen and oxygen atoms in total. The Kier molecular flexibility index (Phi) is 14.6. The molecule has 82 heavy (non-hydrogen) atoms. The quantitative estimate of drug-likeness (QED) is 0.136. The molecule has 11 aromatic rings. The SMILES string of the molecule is CC(C)(C)c1ccc(-c2c(-c3ccc(C(C)(C)C)cc3)c(-c3nc(-c4ccccc4)nc(-c4ccccc4)n3)c(-c3ccc(C(C)(C)C)cc3)c(-c3ccc(C(C)(C)C)cc3)c2-c2nc(-c3ccccc3)nc(-c3ccccc3)n2)cc1. The summed E-state index contributed by atoms with van der Waals surface area (Å²) >= 11 is 0. The van der Waals surface area contributed by atoms with Crippen LogP contribution in [0.15, 0.2) is 218 Å². The number of nitrogens with zero attached hydrogens (tertiary/aromatic N) is 6. The Morgan fingerprint density at radius 1 is 0.171 bits per heavy atom. The highest BCUT2D eigenvalue weighted by Crippen LogP contribution is 2.56. The summed E-state index contributed by atoms with van der Waals surface area (Å²) in [6.45, 7) is 27.2. The lowest BCUT2D eigenvalue weighted by Gasteiger charge is -2.29. The van der Waals surface area contributed by atoms with Crippen LogP contribution in [0.25, 0.3) is 113 Å². The number of rotatable bonds is 10. The topological polar surface area (TPSA) is 77.3 Å². The number of aromatic nitrogens is 6. The van der Waals surface area contributed by atoms with E-state index in [1.807, 2.05) is 72.8 Å². The summed E-state index contributed by atoms with van der Waals surface area (Å²) in [6, 6.07) is 77.7. The van der Waals surface area contributed by atoms with Gasteiger partial charge in [0.25, 0.3) is 0 Å². The highest BCUT2D eigenvalue weighted by Gasteiger charge is 2.34. The minimum atomic E-state index is -0.114. The molecule has 2 aromatic heterocycles. The Morgan fingerprint density at radius 2 is 0.341 bits per heavy atom. The molecule has 0 saturated carbocycles. The molecule has 0 amide bonds. The number of hydrogen-bond acceptors (Lipinski definition) is 6. The van der Waals surface area contributed by atoms with E-state index in [2.05, 4.69) is 229 Å². The molecule has 406 valence electrons. The normalized spacial score (nSPS) is 12.1. The third-order valence-corrected chi connectivity index (χ3v) is 15.5. The molecule has 6 heteroatoms. The molecule has 0 N–H and O–H groups in total. The minimum absolute atomic E-state index is 0.114. The fourth-order valence-corrected chi connectivity index (χ4v) is 10.7. The molecule has 11 rings (SSSR count). The fraction of sp³-hybridized carbons (Fsp3) is 0.211. The summed E-state index contributed by atoms with van der Waals surface area (Å²) < 4.78 is 0. The molecule has 0 aliphatic heterocycles.